The van der Waals surface area contributed by atoms with E-state index >= 15 is 0 Å². The molecule has 0 amide bonds. The van der Waals surface area contributed by atoms with Crippen LogP contribution in [-0.4, -0.2) is 29.2 Å². The normalized spacial score (nSPS) is 30.3. The molecule has 3 rings (SSSR count). The van der Waals surface area contributed by atoms with Gasteiger partial charge in [-0.15, -0.1) is 0 Å². The lowest BCUT2D eigenvalue weighted by Crippen LogP contribution is -2.47. The van der Waals surface area contributed by atoms with Crippen LogP contribution in [0.1, 0.15) is 51.7 Å². The average Bonchev–Trinajstić information content (AvgIpc) is 2.66. The predicted octanol–water partition coefficient (Wildman–Crippen LogP) is 3.84. The van der Waals surface area contributed by atoms with Gasteiger partial charge in [-0.25, -0.2) is 0 Å². The smallest absolute Gasteiger partial charge is 0.171 e. The summed E-state index contributed by atoms with van der Waals surface area (Å²) in [6.07, 6.45) is 2.40. The van der Waals surface area contributed by atoms with Gasteiger partial charge in [-0.1, -0.05) is 17.7 Å². The molecule has 0 aromatic heterocycles. The first-order valence-electron chi connectivity index (χ1n) is 7.97. The number of rotatable bonds is 2. The molecule has 1 aliphatic carbocycles. The fourth-order valence-electron chi connectivity index (χ4n) is 3.54. The highest BCUT2D eigenvalue weighted by Crippen LogP contribution is 2.49. The first-order chi connectivity index (χ1) is 10.2. The van der Waals surface area contributed by atoms with Crippen LogP contribution < -0.4 is 0 Å². The van der Waals surface area contributed by atoms with E-state index in [2.05, 4.69) is 0 Å². The molecule has 1 N–H and O–H groups in total. The molecular weight excluding hydrogens is 300 g/mol. The van der Waals surface area contributed by atoms with Crippen LogP contribution in [0.25, 0.3) is 0 Å². The molecule has 1 aromatic rings. The lowest BCUT2D eigenvalue weighted by atomic mass is 9.70. The van der Waals surface area contributed by atoms with Gasteiger partial charge < -0.3 is 14.6 Å². The molecule has 0 saturated carbocycles. The Morgan fingerprint density at radius 3 is 2.41 bits per heavy atom. The number of aryl methyl sites for hydroxylation is 1. The Morgan fingerprint density at radius 1 is 1.18 bits per heavy atom. The van der Waals surface area contributed by atoms with Crippen molar-refractivity contribution in [2.45, 2.75) is 69.9 Å². The van der Waals surface area contributed by atoms with E-state index in [9.17, 15) is 5.11 Å². The fourth-order valence-corrected chi connectivity index (χ4v) is 3.73. The van der Waals surface area contributed by atoms with E-state index < -0.39 is 22.9 Å². The number of halogens is 1. The van der Waals surface area contributed by atoms with E-state index in [-0.39, 0.29) is 6.61 Å². The maximum atomic E-state index is 10.3. The molecule has 0 spiro atoms. The SMILES string of the molecule is CC1(C)OC([C@]2(CO)CCCc3cc(Cl)ccc32)OC1(C)C. The van der Waals surface area contributed by atoms with Crippen molar-refractivity contribution in [3.8, 4) is 0 Å². The first kappa shape index (κ1) is 16.3. The summed E-state index contributed by atoms with van der Waals surface area (Å²) >= 11 is 6.14. The van der Waals surface area contributed by atoms with Crippen LogP contribution >= 0.6 is 11.6 Å². The number of aliphatic hydroxyl groups excluding tert-OH is 1. The van der Waals surface area contributed by atoms with Crippen molar-refractivity contribution >= 4 is 11.6 Å². The van der Waals surface area contributed by atoms with Gasteiger partial charge in [-0.05, 0) is 70.2 Å². The van der Waals surface area contributed by atoms with Gasteiger partial charge in [0, 0.05) is 5.02 Å². The lowest BCUT2D eigenvalue weighted by molar-refractivity contribution is -0.151. The Morgan fingerprint density at radius 2 is 1.82 bits per heavy atom. The van der Waals surface area contributed by atoms with Crippen LogP contribution in [0, 0.1) is 0 Å². The minimum Gasteiger partial charge on any atom is -0.395 e. The Kier molecular flexibility index (Phi) is 3.84. The summed E-state index contributed by atoms with van der Waals surface area (Å²) < 4.78 is 12.5. The van der Waals surface area contributed by atoms with Crippen molar-refractivity contribution < 1.29 is 14.6 Å². The van der Waals surface area contributed by atoms with Crippen molar-refractivity contribution in [2.75, 3.05) is 6.61 Å². The van der Waals surface area contributed by atoms with Crippen molar-refractivity contribution in [3.63, 3.8) is 0 Å². The minimum atomic E-state index is -0.511. The van der Waals surface area contributed by atoms with Gasteiger partial charge in [0.05, 0.1) is 23.2 Å². The number of benzene rings is 1. The van der Waals surface area contributed by atoms with E-state index in [0.29, 0.717) is 0 Å². The predicted molar refractivity (Wildman–Crippen MR) is 87.3 cm³/mol. The van der Waals surface area contributed by atoms with Crippen LogP contribution in [0.15, 0.2) is 18.2 Å². The van der Waals surface area contributed by atoms with E-state index in [1.165, 1.54) is 5.56 Å². The zero-order chi connectivity index (χ0) is 16.2. The Labute approximate surface area is 137 Å². The molecule has 1 saturated heterocycles. The monoisotopic (exact) mass is 324 g/mol. The van der Waals surface area contributed by atoms with Crippen LogP contribution in [0.2, 0.25) is 5.02 Å². The van der Waals surface area contributed by atoms with Gasteiger partial charge in [0.2, 0.25) is 0 Å². The number of aliphatic hydroxyl groups is 1. The molecule has 0 radical (unpaired) electrons. The van der Waals surface area contributed by atoms with Gasteiger partial charge in [-0.3, -0.25) is 0 Å². The second kappa shape index (κ2) is 5.20. The summed E-state index contributed by atoms with van der Waals surface area (Å²) in [7, 11) is 0. The molecule has 1 fully saturated rings. The molecule has 1 aliphatic heterocycles. The number of fused-ring (bicyclic) bond motifs is 1. The zero-order valence-electron chi connectivity index (χ0n) is 13.8. The molecule has 3 nitrogen and oxygen atoms in total. The van der Waals surface area contributed by atoms with Gasteiger partial charge in [0.1, 0.15) is 0 Å². The highest BCUT2D eigenvalue weighted by Gasteiger charge is 2.57. The van der Waals surface area contributed by atoms with Crippen molar-refractivity contribution in [2.24, 2.45) is 0 Å². The summed E-state index contributed by atoms with van der Waals surface area (Å²) in [6, 6.07) is 5.92. The van der Waals surface area contributed by atoms with Crippen LogP contribution in [0.3, 0.4) is 0 Å². The molecule has 1 atom stereocenters. The molecule has 1 heterocycles. The molecule has 2 aliphatic rings. The third kappa shape index (κ3) is 2.30. The van der Waals surface area contributed by atoms with E-state index in [0.717, 1.165) is 29.8 Å². The number of hydrogen-bond acceptors (Lipinski definition) is 3. The summed E-state index contributed by atoms with van der Waals surface area (Å²) in [5, 5.41) is 11.0. The Hall–Kier alpha value is -0.610. The van der Waals surface area contributed by atoms with Gasteiger partial charge in [-0.2, -0.15) is 0 Å². The Bertz CT molecular complexity index is 566. The highest BCUT2D eigenvalue weighted by molar-refractivity contribution is 6.30. The average molecular weight is 325 g/mol. The number of hydrogen-bond donors (Lipinski definition) is 1. The van der Waals surface area contributed by atoms with Crippen LogP contribution in [0.5, 0.6) is 0 Å². The third-order valence-corrected chi connectivity index (χ3v) is 5.89. The maximum Gasteiger partial charge on any atom is 0.171 e. The van der Waals surface area contributed by atoms with Gasteiger partial charge >= 0.3 is 0 Å². The molecule has 22 heavy (non-hydrogen) atoms. The third-order valence-electron chi connectivity index (χ3n) is 5.66. The lowest BCUT2D eigenvalue weighted by Gasteiger charge is -2.41. The molecule has 1 aromatic carbocycles. The van der Waals surface area contributed by atoms with E-state index in [1.807, 2.05) is 45.9 Å². The zero-order valence-corrected chi connectivity index (χ0v) is 14.5. The second-order valence-corrected chi connectivity index (χ2v) is 7.99. The first-order valence-corrected chi connectivity index (χ1v) is 8.35. The second-order valence-electron chi connectivity index (χ2n) is 7.56. The fraction of sp³-hybridized carbons (Fsp3) is 0.667. The largest absolute Gasteiger partial charge is 0.395 e. The van der Waals surface area contributed by atoms with E-state index in [1.54, 1.807) is 0 Å². The molecule has 0 bridgehead atoms. The van der Waals surface area contributed by atoms with Gasteiger partial charge in [0.25, 0.3) is 0 Å². The summed E-state index contributed by atoms with van der Waals surface area (Å²) in [4.78, 5) is 0. The highest BCUT2D eigenvalue weighted by atomic mass is 35.5. The molecule has 122 valence electrons. The van der Waals surface area contributed by atoms with Crippen LogP contribution in [0.4, 0.5) is 0 Å². The number of ether oxygens (including phenoxy) is 2. The Balaban J connectivity index is 2.05. The summed E-state index contributed by atoms with van der Waals surface area (Å²) in [6.45, 7) is 8.19. The maximum absolute atomic E-state index is 10.3. The van der Waals surface area contributed by atoms with Gasteiger partial charge in [0.15, 0.2) is 6.29 Å². The molecular formula is C18H25ClO3. The van der Waals surface area contributed by atoms with Crippen molar-refractivity contribution in [3.05, 3.63) is 34.3 Å². The van der Waals surface area contributed by atoms with Crippen LogP contribution in [-0.2, 0) is 21.3 Å². The van der Waals surface area contributed by atoms with E-state index in [4.69, 9.17) is 21.1 Å². The minimum absolute atomic E-state index is 0.0124. The van der Waals surface area contributed by atoms with Crippen molar-refractivity contribution in [1.29, 1.82) is 0 Å². The quantitative estimate of drug-likeness (QED) is 0.898. The molecule has 0 unspecified atom stereocenters. The topological polar surface area (TPSA) is 38.7 Å². The summed E-state index contributed by atoms with van der Waals surface area (Å²) in [5.74, 6) is 0. The summed E-state index contributed by atoms with van der Waals surface area (Å²) in [5.41, 5.74) is 1.00. The van der Waals surface area contributed by atoms with Crippen molar-refractivity contribution in [1.82, 2.24) is 0 Å². The molecule has 4 heteroatoms. The standard InChI is InChI=1S/C18H25ClO3/c1-16(2)17(3,4)22-15(21-16)18(11-20)9-5-6-12-10-13(19)7-8-14(12)18/h7-8,10,15,20H,5-6,9,11H2,1-4H3/t18-/m0/s1.